The van der Waals surface area contributed by atoms with Gasteiger partial charge in [0.2, 0.25) is 0 Å². The minimum absolute atomic E-state index is 0.665. The predicted molar refractivity (Wildman–Crippen MR) is 58.2 cm³/mol. The number of aromatic nitrogens is 2. The van der Waals surface area contributed by atoms with Gasteiger partial charge in [-0.1, -0.05) is 13.8 Å². The Bertz CT molecular complexity index is 297. The van der Waals surface area contributed by atoms with Gasteiger partial charge in [-0.25, -0.2) is 0 Å². The molecule has 3 nitrogen and oxygen atoms in total. The molecular formula is C11H19N3. The van der Waals surface area contributed by atoms with Crippen LogP contribution < -0.4 is 5.32 Å². The molecule has 0 bridgehead atoms. The van der Waals surface area contributed by atoms with E-state index in [1.807, 2.05) is 24.0 Å². The number of nitrogens with zero attached hydrogens (tertiary/aromatic N) is 2. The Morgan fingerprint density at radius 3 is 2.71 bits per heavy atom. The van der Waals surface area contributed by atoms with Crippen molar-refractivity contribution >= 4 is 5.82 Å². The normalized spacial score (nSPS) is 26.3. The van der Waals surface area contributed by atoms with Crippen molar-refractivity contribution in [2.24, 2.45) is 18.9 Å². The first-order valence-electron chi connectivity index (χ1n) is 5.41. The van der Waals surface area contributed by atoms with Gasteiger partial charge in [0.15, 0.2) is 0 Å². The summed E-state index contributed by atoms with van der Waals surface area (Å²) in [6.45, 7) is 4.62. The Hall–Kier alpha value is -0.990. The zero-order valence-electron chi connectivity index (χ0n) is 9.20. The number of rotatable bonds is 3. The van der Waals surface area contributed by atoms with Crippen molar-refractivity contribution in [1.82, 2.24) is 9.78 Å². The molecule has 1 aromatic heterocycles. The second-order valence-electron chi connectivity index (χ2n) is 4.66. The van der Waals surface area contributed by atoms with E-state index in [4.69, 9.17) is 0 Å². The third kappa shape index (κ3) is 1.76. The van der Waals surface area contributed by atoms with Gasteiger partial charge in [0.25, 0.3) is 0 Å². The fourth-order valence-electron chi connectivity index (χ4n) is 2.05. The molecule has 14 heavy (non-hydrogen) atoms. The van der Waals surface area contributed by atoms with Gasteiger partial charge in [0.05, 0.1) is 6.20 Å². The van der Waals surface area contributed by atoms with Crippen molar-refractivity contribution in [1.29, 1.82) is 0 Å². The maximum absolute atomic E-state index is 4.14. The summed E-state index contributed by atoms with van der Waals surface area (Å²) < 4.78 is 1.89. The Balaban J connectivity index is 1.82. The molecule has 0 atom stereocenters. The molecule has 0 unspecified atom stereocenters. The summed E-state index contributed by atoms with van der Waals surface area (Å²) in [6.07, 6.45) is 4.45. The lowest BCUT2D eigenvalue weighted by atomic mass is 9.74. The van der Waals surface area contributed by atoms with Gasteiger partial charge in [0.1, 0.15) is 5.82 Å². The summed E-state index contributed by atoms with van der Waals surface area (Å²) in [6, 6.07) is 2.70. The van der Waals surface area contributed by atoms with Crippen molar-refractivity contribution in [2.45, 2.75) is 32.7 Å². The summed E-state index contributed by atoms with van der Waals surface area (Å²) in [5, 5.41) is 7.65. The van der Waals surface area contributed by atoms with Gasteiger partial charge in [-0.3, -0.25) is 4.68 Å². The standard InChI is InChI=1S/C11H19N3/c1-8(2)9-6-10(7-9)13-11-4-5-12-14(11)3/h4-5,8-10,13H,6-7H2,1-3H3. The van der Waals surface area contributed by atoms with Gasteiger partial charge in [0, 0.05) is 19.2 Å². The third-order valence-electron chi connectivity index (χ3n) is 3.29. The molecule has 0 aliphatic heterocycles. The SMILES string of the molecule is CC(C)C1CC(Nc2ccnn2C)C1. The number of nitrogens with one attached hydrogen (secondary N) is 1. The van der Waals surface area contributed by atoms with Crippen molar-refractivity contribution < 1.29 is 0 Å². The molecule has 78 valence electrons. The summed E-state index contributed by atoms with van der Waals surface area (Å²) >= 11 is 0. The van der Waals surface area contributed by atoms with E-state index >= 15 is 0 Å². The molecule has 0 amide bonds. The van der Waals surface area contributed by atoms with Crippen molar-refractivity contribution in [2.75, 3.05) is 5.32 Å². The molecule has 1 saturated carbocycles. The van der Waals surface area contributed by atoms with E-state index in [2.05, 4.69) is 24.3 Å². The first-order valence-corrected chi connectivity index (χ1v) is 5.41. The van der Waals surface area contributed by atoms with Crippen LogP contribution in [0.15, 0.2) is 12.3 Å². The molecular weight excluding hydrogens is 174 g/mol. The highest BCUT2D eigenvalue weighted by molar-refractivity contribution is 5.35. The molecule has 1 aromatic rings. The molecule has 3 heteroatoms. The number of aryl methyl sites for hydroxylation is 1. The predicted octanol–water partition coefficient (Wildman–Crippen LogP) is 2.27. The zero-order valence-corrected chi connectivity index (χ0v) is 9.20. The first-order chi connectivity index (χ1) is 6.66. The smallest absolute Gasteiger partial charge is 0.124 e. The topological polar surface area (TPSA) is 29.9 Å². The fraction of sp³-hybridized carbons (Fsp3) is 0.727. The summed E-state index contributed by atoms with van der Waals surface area (Å²) in [5.74, 6) is 2.89. The van der Waals surface area contributed by atoms with Crippen LogP contribution in [0.5, 0.6) is 0 Å². The highest BCUT2D eigenvalue weighted by Crippen LogP contribution is 2.35. The summed E-state index contributed by atoms with van der Waals surface area (Å²) in [7, 11) is 1.97. The second kappa shape index (κ2) is 3.64. The molecule has 0 spiro atoms. The number of hydrogen-bond acceptors (Lipinski definition) is 2. The molecule has 0 saturated heterocycles. The van der Waals surface area contributed by atoms with Crippen LogP contribution in [0, 0.1) is 11.8 Å². The Morgan fingerprint density at radius 2 is 2.21 bits per heavy atom. The maximum Gasteiger partial charge on any atom is 0.124 e. The second-order valence-corrected chi connectivity index (χ2v) is 4.66. The molecule has 0 radical (unpaired) electrons. The molecule has 0 aromatic carbocycles. The molecule has 1 heterocycles. The molecule has 1 fully saturated rings. The van der Waals surface area contributed by atoms with Crippen LogP contribution >= 0.6 is 0 Å². The highest BCUT2D eigenvalue weighted by Gasteiger charge is 2.31. The number of anilines is 1. The van der Waals surface area contributed by atoms with Crippen LogP contribution in [0.3, 0.4) is 0 Å². The van der Waals surface area contributed by atoms with Crippen molar-refractivity contribution in [3.63, 3.8) is 0 Å². The third-order valence-corrected chi connectivity index (χ3v) is 3.29. The minimum Gasteiger partial charge on any atom is -0.368 e. The zero-order chi connectivity index (χ0) is 10.1. The lowest BCUT2D eigenvalue weighted by Gasteiger charge is -2.38. The van der Waals surface area contributed by atoms with E-state index in [0.717, 1.165) is 17.7 Å². The quantitative estimate of drug-likeness (QED) is 0.798. The minimum atomic E-state index is 0.665. The molecule has 1 aliphatic rings. The summed E-state index contributed by atoms with van der Waals surface area (Å²) in [5.41, 5.74) is 0. The molecule has 1 aliphatic carbocycles. The van der Waals surface area contributed by atoms with Gasteiger partial charge >= 0.3 is 0 Å². The van der Waals surface area contributed by atoms with E-state index in [9.17, 15) is 0 Å². The van der Waals surface area contributed by atoms with Gasteiger partial charge < -0.3 is 5.32 Å². The molecule has 1 N–H and O–H groups in total. The van der Waals surface area contributed by atoms with E-state index in [1.54, 1.807) is 0 Å². The maximum atomic E-state index is 4.14. The van der Waals surface area contributed by atoms with E-state index in [1.165, 1.54) is 12.8 Å². The Morgan fingerprint density at radius 1 is 1.50 bits per heavy atom. The summed E-state index contributed by atoms with van der Waals surface area (Å²) in [4.78, 5) is 0. The average Bonchev–Trinajstić information content (AvgIpc) is 2.42. The Kier molecular flexibility index (Phi) is 2.48. The number of hydrogen-bond donors (Lipinski definition) is 1. The van der Waals surface area contributed by atoms with Crippen LogP contribution in [-0.2, 0) is 7.05 Å². The van der Waals surface area contributed by atoms with E-state index in [-0.39, 0.29) is 0 Å². The van der Waals surface area contributed by atoms with Crippen LogP contribution in [-0.4, -0.2) is 15.8 Å². The lowest BCUT2D eigenvalue weighted by Crippen LogP contribution is -2.38. The average molecular weight is 193 g/mol. The van der Waals surface area contributed by atoms with E-state index in [0.29, 0.717) is 6.04 Å². The van der Waals surface area contributed by atoms with Crippen LogP contribution in [0.2, 0.25) is 0 Å². The monoisotopic (exact) mass is 193 g/mol. The first kappa shape index (κ1) is 9.56. The van der Waals surface area contributed by atoms with Gasteiger partial charge in [-0.15, -0.1) is 0 Å². The Labute approximate surface area is 85.5 Å². The van der Waals surface area contributed by atoms with Crippen LogP contribution in [0.25, 0.3) is 0 Å². The largest absolute Gasteiger partial charge is 0.368 e. The van der Waals surface area contributed by atoms with Gasteiger partial charge in [-0.2, -0.15) is 5.10 Å². The molecule has 2 rings (SSSR count). The van der Waals surface area contributed by atoms with Crippen LogP contribution in [0.4, 0.5) is 5.82 Å². The van der Waals surface area contributed by atoms with Crippen LogP contribution in [0.1, 0.15) is 26.7 Å². The van der Waals surface area contributed by atoms with Gasteiger partial charge in [-0.05, 0) is 24.7 Å². The van der Waals surface area contributed by atoms with E-state index < -0.39 is 0 Å². The van der Waals surface area contributed by atoms with Crippen molar-refractivity contribution in [3.05, 3.63) is 12.3 Å². The highest BCUT2D eigenvalue weighted by atomic mass is 15.3. The lowest BCUT2D eigenvalue weighted by molar-refractivity contribution is 0.211. The van der Waals surface area contributed by atoms with Crippen molar-refractivity contribution in [3.8, 4) is 0 Å². The fourth-order valence-corrected chi connectivity index (χ4v) is 2.05.